The van der Waals surface area contributed by atoms with Crippen molar-refractivity contribution in [3.63, 3.8) is 0 Å². The highest BCUT2D eigenvalue weighted by atomic mass is 35.7. The number of halogens is 1. The molecule has 0 amide bonds. The van der Waals surface area contributed by atoms with Gasteiger partial charge in [0.2, 0.25) is 9.05 Å². The van der Waals surface area contributed by atoms with Crippen LogP contribution in [0.4, 0.5) is 0 Å². The van der Waals surface area contributed by atoms with Crippen molar-refractivity contribution >= 4 is 25.5 Å². The second-order valence-corrected chi connectivity index (χ2v) is 6.50. The minimum Gasteiger partial charge on any atom is -0.496 e. The van der Waals surface area contributed by atoms with E-state index in [0.717, 1.165) is 5.56 Å². The number of ether oxygens (including phenoxy) is 1. The van der Waals surface area contributed by atoms with E-state index in [4.69, 9.17) is 15.4 Å². The normalized spacial score (nSPS) is 11.2. The van der Waals surface area contributed by atoms with E-state index in [1.165, 1.54) is 0 Å². The van der Waals surface area contributed by atoms with Gasteiger partial charge in [0, 0.05) is 22.7 Å². The number of aryl methyl sites for hydroxylation is 1. The van der Waals surface area contributed by atoms with Gasteiger partial charge in [-0.15, -0.1) is 0 Å². The highest BCUT2D eigenvalue weighted by molar-refractivity contribution is 8.13. The van der Waals surface area contributed by atoms with Crippen molar-refractivity contribution in [2.24, 2.45) is 0 Å². The molecule has 0 heterocycles. The second kappa shape index (κ2) is 5.51. The molecule has 1 aromatic carbocycles. The van der Waals surface area contributed by atoms with Gasteiger partial charge < -0.3 is 4.74 Å². The molecule has 0 saturated heterocycles. The number of ketones is 1. The smallest absolute Gasteiger partial charge is 0.233 e. The van der Waals surface area contributed by atoms with Gasteiger partial charge in [-0.3, -0.25) is 4.79 Å². The number of carbonyl (C=O) groups excluding carboxylic acids is 1. The van der Waals surface area contributed by atoms with Crippen LogP contribution in [0.15, 0.2) is 18.2 Å². The van der Waals surface area contributed by atoms with Gasteiger partial charge in [-0.05, 0) is 30.7 Å². The summed E-state index contributed by atoms with van der Waals surface area (Å²) in [6.45, 7) is 1.81. The summed E-state index contributed by atoms with van der Waals surface area (Å²) in [7, 11) is 2.97. The number of hydrogen-bond donors (Lipinski definition) is 0. The minimum atomic E-state index is -3.62. The van der Waals surface area contributed by atoms with Crippen molar-refractivity contribution in [1.82, 2.24) is 0 Å². The van der Waals surface area contributed by atoms with Crippen molar-refractivity contribution in [2.75, 3.05) is 12.9 Å². The molecule has 0 aromatic heterocycles. The number of methoxy groups -OCH3 is 1. The van der Waals surface area contributed by atoms with Crippen LogP contribution >= 0.6 is 10.7 Å². The topological polar surface area (TPSA) is 60.4 Å². The molecule has 94 valence electrons. The zero-order chi connectivity index (χ0) is 13.1. The van der Waals surface area contributed by atoms with Gasteiger partial charge >= 0.3 is 0 Å². The molecule has 0 aliphatic heterocycles. The predicted octanol–water partition coefficient (Wildman–Crippen LogP) is 2.15. The number of Topliss-reactive ketones (excluding diaryl/α,β-unsaturated/α-hetero) is 1. The summed E-state index contributed by atoms with van der Waals surface area (Å²) in [6, 6.07) is 4.95. The molecule has 0 bridgehead atoms. The molecule has 0 N–H and O–H groups in total. The standard InChI is InChI=1S/C11H13ClO4S/c1-8-7-9(3-4-11(8)16-2)10(13)5-6-17(12,14)15/h3-4,7H,5-6H2,1-2H3. The Morgan fingerprint density at radius 3 is 2.53 bits per heavy atom. The van der Waals surface area contributed by atoms with E-state index in [1.807, 2.05) is 6.92 Å². The zero-order valence-corrected chi connectivity index (χ0v) is 11.1. The Balaban J connectivity index is 2.80. The maximum Gasteiger partial charge on any atom is 0.233 e. The Kier molecular flexibility index (Phi) is 4.54. The Labute approximate surface area is 105 Å². The van der Waals surface area contributed by atoms with Gasteiger partial charge in [-0.25, -0.2) is 8.42 Å². The van der Waals surface area contributed by atoms with E-state index in [9.17, 15) is 13.2 Å². The van der Waals surface area contributed by atoms with Crippen LogP contribution in [0.25, 0.3) is 0 Å². The molecule has 6 heteroatoms. The van der Waals surface area contributed by atoms with E-state index in [1.54, 1.807) is 25.3 Å². The summed E-state index contributed by atoms with van der Waals surface area (Å²) in [5.41, 5.74) is 1.29. The fourth-order valence-electron chi connectivity index (χ4n) is 1.41. The summed E-state index contributed by atoms with van der Waals surface area (Å²) in [5, 5.41) is 0. The first-order valence-corrected chi connectivity index (χ1v) is 7.41. The summed E-state index contributed by atoms with van der Waals surface area (Å²) in [4.78, 5) is 11.7. The maximum atomic E-state index is 11.7. The van der Waals surface area contributed by atoms with Crippen LogP contribution in [0, 0.1) is 6.92 Å². The molecule has 0 aliphatic rings. The van der Waals surface area contributed by atoms with E-state index in [0.29, 0.717) is 11.3 Å². The van der Waals surface area contributed by atoms with Crippen LogP contribution in [0.2, 0.25) is 0 Å². The lowest BCUT2D eigenvalue weighted by atomic mass is 10.1. The van der Waals surface area contributed by atoms with Crippen molar-refractivity contribution in [3.05, 3.63) is 29.3 Å². The average Bonchev–Trinajstić information content (AvgIpc) is 2.24. The minimum absolute atomic E-state index is 0.113. The van der Waals surface area contributed by atoms with Gasteiger partial charge in [-0.1, -0.05) is 0 Å². The lowest BCUT2D eigenvalue weighted by Gasteiger charge is -2.06. The molecule has 4 nitrogen and oxygen atoms in total. The number of carbonyl (C=O) groups is 1. The maximum absolute atomic E-state index is 11.7. The summed E-state index contributed by atoms with van der Waals surface area (Å²) in [5.74, 6) is 0.0878. The number of rotatable bonds is 5. The highest BCUT2D eigenvalue weighted by Crippen LogP contribution is 2.19. The largest absolute Gasteiger partial charge is 0.496 e. The lowest BCUT2D eigenvalue weighted by Crippen LogP contribution is -2.07. The lowest BCUT2D eigenvalue weighted by molar-refractivity contribution is 0.0989. The van der Waals surface area contributed by atoms with E-state index < -0.39 is 9.05 Å². The van der Waals surface area contributed by atoms with Crippen LogP contribution in [0.1, 0.15) is 22.3 Å². The summed E-state index contributed by atoms with van der Waals surface area (Å²) in [6.07, 6.45) is -0.113. The Bertz CT molecular complexity index is 522. The Hall–Kier alpha value is -1.07. The molecular weight excluding hydrogens is 264 g/mol. The molecular formula is C11H13ClO4S. The summed E-state index contributed by atoms with van der Waals surface area (Å²) < 4.78 is 26.5. The number of hydrogen-bond acceptors (Lipinski definition) is 4. The molecule has 1 rings (SSSR count). The molecule has 0 aliphatic carbocycles. The SMILES string of the molecule is COc1ccc(C(=O)CCS(=O)(=O)Cl)cc1C. The third-order valence-electron chi connectivity index (χ3n) is 2.29. The molecule has 17 heavy (non-hydrogen) atoms. The molecule has 0 radical (unpaired) electrons. The van der Waals surface area contributed by atoms with Gasteiger partial charge in [0.25, 0.3) is 0 Å². The Morgan fingerprint density at radius 1 is 1.41 bits per heavy atom. The molecule has 1 aromatic rings. The van der Waals surface area contributed by atoms with Crippen molar-refractivity contribution in [2.45, 2.75) is 13.3 Å². The first-order chi connectivity index (χ1) is 7.83. The van der Waals surface area contributed by atoms with E-state index in [2.05, 4.69) is 0 Å². The molecule has 0 fully saturated rings. The second-order valence-electron chi connectivity index (χ2n) is 3.60. The van der Waals surface area contributed by atoms with Crippen LogP contribution in [-0.2, 0) is 9.05 Å². The summed E-state index contributed by atoms with van der Waals surface area (Å²) >= 11 is 0. The van der Waals surface area contributed by atoms with Crippen molar-refractivity contribution in [1.29, 1.82) is 0 Å². The number of benzene rings is 1. The quantitative estimate of drug-likeness (QED) is 0.611. The Morgan fingerprint density at radius 2 is 2.06 bits per heavy atom. The molecule has 0 spiro atoms. The molecule has 0 unspecified atom stereocenters. The van der Waals surface area contributed by atoms with E-state index in [-0.39, 0.29) is 18.0 Å². The fraction of sp³-hybridized carbons (Fsp3) is 0.364. The predicted molar refractivity (Wildman–Crippen MR) is 66.3 cm³/mol. The van der Waals surface area contributed by atoms with Gasteiger partial charge in [-0.2, -0.15) is 0 Å². The first kappa shape index (κ1) is 14.0. The van der Waals surface area contributed by atoms with Crippen molar-refractivity contribution < 1.29 is 17.9 Å². The average molecular weight is 277 g/mol. The van der Waals surface area contributed by atoms with Crippen LogP contribution in [0.3, 0.4) is 0 Å². The highest BCUT2D eigenvalue weighted by Gasteiger charge is 2.12. The molecule has 0 atom stereocenters. The monoisotopic (exact) mass is 276 g/mol. The van der Waals surface area contributed by atoms with Gasteiger partial charge in [0.1, 0.15) is 5.75 Å². The zero-order valence-electron chi connectivity index (χ0n) is 9.57. The third kappa shape index (κ3) is 4.36. The van der Waals surface area contributed by atoms with Crippen molar-refractivity contribution in [3.8, 4) is 5.75 Å². The first-order valence-electron chi connectivity index (χ1n) is 4.93. The third-order valence-corrected chi connectivity index (χ3v) is 3.44. The molecule has 0 saturated carbocycles. The van der Waals surface area contributed by atoms with Crippen LogP contribution in [-0.4, -0.2) is 27.1 Å². The van der Waals surface area contributed by atoms with Gasteiger partial charge in [0.05, 0.1) is 12.9 Å². The van der Waals surface area contributed by atoms with Gasteiger partial charge in [0.15, 0.2) is 5.78 Å². The van der Waals surface area contributed by atoms with Crippen LogP contribution in [0.5, 0.6) is 5.75 Å². The van der Waals surface area contributed by atoms with Crippen LogP contribution < -0.4 is 4.74 Å². The fourth-order valence-corrected chi connectivity index (χ4v) is 2.07. The van der Waals surface area contributed by atoms with E-state index >= 15 is 0 Å².